The molecule has 0 atom stereocenters. The third-order valence-electron chi connectivity index (χ3n) is 4.67. The van der Waals surface area contributed by atoms with Gasteiger partial charge in [0.15, 0.2) is 5.82 Å². The first-order chi connectivity index (χ1) is 14.0. The van der Waals surface area contributed by atoms with Crippen LogP contribution in [0.15, 0.2) is 67.1 Å². The van der Waals surface area contributed by atoms with Crippen LogP contribution in [0.3, 0.4) is 0 Å². The number of benzene rings is 2. The molecule has 0 fully saturated rings. The van der Waals surface area contributed by atoms with Crippen LogP contribution in [0.2, 0.25) is 5.02 Å². The van der Waals surface area contributed by atoms with E-state index in [0.717, 1.165) is 27.9 Å². The van der Waals surface area contributed by atoms with Gasteiger partial charge in [-0.05, 0) is 54.8 Å². The first-order valence-corrected chi connectivity index (χ1v) is 9.47. The Morgan fingerprint density at radius 2 is 1.72 bits per heavy atom. The Hall–Kier alpha value is -3.31. The van der Waals surface area contributed by atoms with Gasteiger partial charge in [-0.15, -0.1) is 0 Å². The highest BCUT2D eigenvalue weighted by Crippen LogP contribution is 2.33. The topological polar surface area (TPSA) is 50.7 Å². The lowest BCUT2D eigenvalue weighted by Crippen LogP contribution is -2.03. The molecule has 2 aromatic heterocycles. The zero-order valence-corrected chi connectivity index (χ0v) is 16.7. The van der Waals surface area contributed by atoms with Crippen LogP contribution in [0, 0.1) is 19.7 Å². The van der Waals surface area contributed by atoms with Crippen molar-refractivity contribution in [1.82, 2.24) is 15.0 Å². The molecule has 6 heteroatoms. The Bertz CT molecular complexity index is 1190. The fourth-order valence-corrected chi connectivity index (χ4v) is 3.26. The van der Waals surface area contributed by atoms with Crippen molar-refractivity contribution in [3.63, 3.8) is 0 Å². The van der Waals surface area contributed by atoms with Crippen LogP contribution < -0.4 is 5.32 Å². The van der Waals surface area contributed by atoms with Gasteiger partial charge >= 0.3 is 0 Å². The highest BCUT2D eigenvalue weighted by atomic mass is 35.5. The molecule has 0 bridgehead atoms. The van der Waals surface area contributed by atoms with Crippen LogP contribution >= 0.6 is 11.6 Å². The molecule has 0 unspecified atom stereocenters. The minimum Gasteiger partial charge on any atom is -0.339 e. The van der Waals surface area contributed by atoms with Gasteiger partial charge in [0.05, 0.1) is 5.56 Å². The molecule has 2 aromatic carbocycles. The maximum Gasteiger partial charge on any atom is 0.164 e. The number of nitrogens with zero attached hydrogens (tertiary/aromatic N) is 3. The van der Waals surface area contributed by atoms with E-state index in [1.165, 1.54) is 18.2 Å². The molecule has 0 aliphatic rings. The van der Waals surface area contributed by atoms with Crippen molar-refractivity contribution in [2.24, 2.45) is 0 Å². The van der Waals surface area contributed by atoms with Crippen molar-refractivity contribution in [3.8, 4) is 22.5 Å². The molecule has 1 N–H and O–H groups in total. The second-order valence-corrected chi connectivity index (χ2v) is 7.15. The smallest absolute Gasteiger partial charge is 0.164 e. The first-order valence-electron chi connectivity index (χ1n) is 9.09. The van der Waals surface area contributed by atoms with E-state index in [1.54, 1.807) is 18.6 Å². The summed E-state index contributed by atoms with van der Waals surface area (Å²) in [6, 6.07) is 14.2. The number of nitrogens with one attached hydrogen (secondary N) is 1. The maximum absolute atomic E-state index is 14.4. The third kappa shape index (κ3) is 3.96. The van der Waals surface area contributed by atoms with Crippen LogP contribution in [-0.2, 0) is 0 Å². The standard InChI is InChI=1S/C23H18ClFN4/c1-14-5-3-4-6-17(14)19-13-27-22(18-11-16(24)7-8-20(18)25)29-23(19)28-21-9-10-26-12-15(21)2/h3-13H,1-2H3,(H,26,27,28,29). The van der Waals surface area contributed by atoms with Gasteiger partial charge in [-0.25, -0.2) is 14.4 Å². The molecular formula is C23H18ClFN4. The fourth-order valence-electron chi connectivity index (χ4n) is 3.09. The van der Waals surface area contributed by atoms with Crippen LogP contribution in [0.25, 0.3) is 22.5 Å². The Morgan fingerprint density at radius 1 is 0.897 bits per heavy atom. The van der Waals surface area contributed by atoms with Crippen molar-refractivity contribution in [2.75, 3.05) is 5.32 Å². The van der Waals surface area contributed by atoms with Crippen molar-refractivity contribution in [3.05, 3.63) is 89.1 Å². The Labute approximate surface area is 173 Å². The highest BCUT2D eigenvalue weighted by molar-refractivity contribution is 6.30. The molecule has 4 nitrogen and oxygen atoms in total. The van der Waals surface area contributed by atoms with E-state index >= 15 is 0 Å². The van der Waals surface area contributed by atoms with Crippen molar-refractivity contribution in [1.29, 1.82) is 0 Å². The number of hydrogen-bond donors (Lipinski definition) is 1. The molecule has 0 aliphatic carbocycles. The number of aryl methyl sites for hydroxylation is 2. The van der Waals surface area contributed by atoms with E-state index in [4.69, 9.17) is 11.6 Å². The predicted molar refractivity (Wildman–Crippen MR) is 115 cm³/mol. The van der Waals surface area contributed by atoms with E-state index in [0.29, 0.717) is 10.8 Å². The summed E-state index contributed by atoms with van der Waals surface area (Å²) in [6.45, 7) is 3.99. The summed E-state index contributed by atoms with van der Waals surface area (Å²) < 4.78 is 14.4. The van der Waals surface area contributed by atoms with Crippen molar-refractivity contribution >= 4 is 23.1 Å². The van der Waals surface area contributed by atoms with Gasteiger partial charge in [-0.3, -0.25) is 4.98 Å². The van der Waals surface area contributed by atoms with Gasteiger partial charge in [0, 0.05) is 34.9 Å². The molecule has 0 saturated carbocycles. The van der Waals surface area contributed by atoms with Gasteiger partial charge in [0.25, 0.3) is 0 Å². The van der Waals surface area contributed by atoms with E-state index < -0.39 is 5.82 Å². The van der Waals surface area contributed by atoms with Gasteiger partial charge in [0.1, 0.15) is 11.6 Å². The summed E-state index contributed by atoms with van der Waals surface area (Å²) in [6.07, 6.45) is 5.19. The summed E-state index contributed by atoms with van der Waals surface area (Å²) >= 11 is 6.06. The van der Waals surface area contributed by atoms with E-state index in [9.17, 15) is 4.39 Å². The quantitative estimate of drug-likeness (QED) is 0.430. The fraction of sp³-hybridized carbons (Fsp3) is 0.0870. The lowest BCUT2D eigenvalue weighted by atomic mass is 10.0. The molecule has 0 saturated heterocycles. The molecule has 0 aliphatic heterocycles. The number of aromatic nitrogens is 3. The highest BCUT2D eigenvalue weighted by Gasteiger charge is 2.16. The second-order valence-electron chi connectivity index (χ2n) is 6.71. The first kappa shape index (κ1) is 19.0. The summed E-state index contributed by atoms with van der Waals surface area (Å²) in [5.74, 6) is 0.415. The second kappa shape index (κ2) is 7.97. The van der Waals surface area contributed by atoms with Gasteiger partial charge < -0.3 is 5.32 Å². The lowest BCUT2D eigenvalue weighted by Gasteiger charge is -2.15. The molecule has 4 aromatic rings. The molecule has 29 heavy (non-hydrogen) atoms. The normalized spacial score (nSPS) is 10.8. The van der Waals surface area contributed by atoms with Crippen LogP contribution in [0.1, 0.15) is 11.1 Å². The largest absolute Gasteiger partial charge is 0.339 e. The lowest BCUT2D eigenvalue weighted by molar-refractivity contribution is 0.630. The van der Waals surface area contributed by atoms with Crippen LogP contribution in [0.4, 0.5) is 15.9 Å². The third-order valence-corrected chi connectivity index (χ3v) is 4.90. The molecule has 0 amide bonds. The number of hydrogen-bond acceptors (Lipinski definition) is 4. The summed E-state index contributed by atoms with van der Waals surface area (Å²) in [7, 11) is 0. The number of anilines is 2. The number of halogens is 2. The monoisotopic (exact) mass is 404 g/mol. The number of pyridine rings is 1. The van der Waals surface area contributed by atoms with Gasteiger partial charge in [0.2, 0.25) is 0 Å². The number of rotatable bonds is 4. The maximum atomic E-state index is 14.4. The molecule has 144 valence electrons. The molecule has 2 heterocycles. The average Bonchev–Trinajstić information content (AvgIpc) is 2.72. The summed E-state index contributed by atoms with van der Waals surface area (Å²) in [4.78, 5) is 13.2. The Kier molecular flexibility index (Phi) is 5.23. The van der Waals surface area contributed by atoms with Crippen LogP contribution in [0.5, 0.6) is 0 Å². The minimum absolute atomic E-state index is 0.253. The summed E-state index contributed by atoms with van der Waals surface area (Å²) in [5.41, 5.74) is 5.00. The zero-order valence-electron chi connectivity index (χ0n) is 15.9. The predicted octanol–water partition coefficient (Wildman–Crippen LogP) is 6.36. The SMILES string of the molecule is Cc1cnccc1Nc1nc(-c2cc(Cl)ccc2F)ncc1-c1ccccc1C. The zero-order chi connectivity index (χ0) is 20.4. The van der Waals surface area contributed by atoms with Gasteiger partial charge in [-0.2, -0.15) is 0 Å². The molecular weight excluding hydrogens is 387 g/mol. The van der Waals surface area contributed by atoms with E-state index in [1.807, 2.05) is 44.2 Å². The molecule has 0 spiro atoms. The van der Waals surface area contributed by atoms with Gasteiger partial charge in [-0.1, -0.05) is 35.9 Å². The van der Waals surface area contributed by atoms with Crippen LogP contribution in [-0.4, -0.2) is 15.0 Å². The Morgan fingerprint density at radius 3 is 2.52 bits per heavy atom. The van der Waals surface area contributed by atoms with Crippen molar-refractivity contribution in [2.45, 2.75) is 13.8 Å². The summed E-state index contributed by atoms with van der Waals surface area (Å²) in [5, 5.41) is 3.79. The van der Waals surface area contributed by atoms with E-state index in [2.05, 4.69) is 20.3 Å². The van der Waals surface area contributed by atoms with E-state index in [-0.39, 0.29) is 11.4 Å². The average molecular weight is 405 g/mol. The molecule has 0 radical (unpaired) electrons. The molecule has 4 rings (SSSR count). The minimum atomic E-state index is -0.427. The Balaban J connectivity index is 1.89. The van der Waals surface area contributed by atoms with Crippen molar-refractivity contribution < 1.29 is 4.39 Å².